The number of H-pyrrole nitrogens is 1. The number of amides is 1. The molecule has 0 atom stereocenters. The molecule has 2 heterocycles. The molecule has 1 fully saturated rings. The molecule has 0 saturated carbocycles. The van der Waals surface area contributed by atoms with Gasteiger partial charge in [-0.3, -0.25) is 19.1 Å². The molecule has 0 radical (unpaired) electrons. The maximum atomic E-state index is 13.2. The van der Waals surface area contributed by atoms with Crippen LogP contribution in [0.3, 0.4) is 0 Å². The van der Waals surface area contributed by atoms with Gasteiger partial charge in [0.1, 0.15) is 11.5 Å². The summed E-state index contributed by atoms with van der Waals surface area (Å²) in [5.74, 6) is 0.990. The van der Waals surface area contributed by atoms with E-state index >= 15 is 0 Å². The maximum Gasteiger partial charge on any atom is 0.328 e. The Morgan fingerprint density at radius 3 is 2.50 bits per heavy atom. The predicted octanol–water partition coefficient (Wildman–Crippen LogP) is 2.27. The molecule has 36 heavy (non-hydrogen) atoms. The van der Waals surface area contributed by atoms with Crippen LogP contribution in [-0.2, 0) is 11.3 Å². The smallest absolute Gasteiger partial charge is 0.328 e. The Balaban J connectivity index is 1.49. The number of ether oxygens (including phenoxy) is 2. The van der Waals surface area contributed by atoms with Crippen molar-refractivity contribution in [2.45, 2.75) is 26.8 Å². The van der Waals surface area contributed by atoms with Crippen LogP contribution < -0.4 is 30.9 Å². The van der Waals surface area contributed by atoms with Crippen LogP contribution in [0.1, 0.15) is 20.3 Å². The van der Waals surface area contributed by atoms with Gasteiger partial charge in [-0.15, -0.1) is 0 Å². The number of anilines is 2. The van der Waals surface area contributed by atoms with E-state index in [9.17, 15) is 14.4 Å². The molecule has 10 heteroatoms. The highest BCUT2D eigenvalue weighted by Gasteiger charge is 2.20. The van der Waals surface area contributed by atoms with Crippen LogP contribution in [0.2, 0.25) is 0 Å². The second-order valence-electron chi connectivity index (χ2n) is 8.81. The summed E-state index contributed by atoms with van der Waals surface area (Å²) in [6.45, 7) is 7.94. The number of benzene rings is 2. The number of hydrogen-bond acceptors (Lipinski definition) is 7. The zero-order valence-corrected chi connectivity index (χ0v) is 21.0. The molecule has 2 N–H and O–H groups in total. The van der Waals surface area contributed by atoms with Crippen molar-refractivity contribution >= 4 is 28.2 Å². The summed E-state index contributed by atoms with van der Waals surface area (Å²) in [5, 5.41) is 3.05. The van der Waals surface area contributed by atoms with E-state index in [4.69, 9.17) is 9.47 Å². The average molecular weight is 496 g/mol. The molecule has 4 rings (SSSR count). The summed E-state index contributed by atoms with van der Waals surface area (Å²) < 4.78 is 12.5. The summed E-state index contributed by atoms with van der Waals surface area (Å²) >= 11 is 0. The van der Waals surface area contributed by atoms with Gasteiger partial charge in [0.25, 0.3) is 5.56 Å². The van der Waals surface area contributed by atoms with Crippen LogP contribution in [-0.4, -0.2) is 66.8 Å². The van der Waals surface area contributed by atoms with Crippen LogP contribution in [0.25, 0.3) is 10.9 Å². The quantitative estimate of drug-likeness (QED) is 0.469. The van der Waals surface area contributed by atoms with E-state index in [1.165, 1.54) is 11.5 Å². The minimum Gasteiger partial charge on any atom is -0.495 e. The SMILES string of the molecule is CCCOc1cc2c(=O)n(CCN3CCN(c4ccccc4OC)CC3)c(=O)[nH]c2cc1NC(C)=O. The van der Waals surface area contributed by atoms with E-state index in [1.54, 1.807) is 19.2 Å². The number of carbonyl (C=O) groups is 1. The van der Waals surface area contributed by atoms with Gasteiger partial charge in [-0.05, 0) is 30.7 Å². The number of rotatable bonds is 9. The Labute approximate surface area is 209 Å². The van der Waals surface area contributed by atoms with Gasteiger partial charge in [-0.1, -0.05) is 19.1 Å². The minimum atomic E-state index is -0.476. The number of nitrogens with one attached hydrogen (secondary N) is 2. The molecule has 0 aliphatic carbocycles. The van der Waals surface area contributed by atoms with Crippen molar-refractivity contribution in [2.75, 3.05) is 56.7 Å². The fourth-order valence-corrected chi connectivity index (χ4v) is 4.45. The molecule has 1 aromatic heterocycles. The molecule has 10 nitrogen and oxygen atoms in total. The lowest BCUT2D eigenvalue weighted by Gasteiger charge is -2.36. The highest BCUT2D eigenvalue weighted by Crippen LogP contribution is 2.29. The first-order valence-electron chi connectivity index (χ1n) is 12.2. The van der Waals surface area contributed by atoms with Crippen molar-refractivity contribution < 1.29 is 14.3 Å². The van der Waals surface area contributed by atoms with Crippen molar-refractivity contribution in [2.24, 2.45) is 0 Å². The van der Waals surface area contributed by atoms with Gasteiger partial charge in [0, 0.05) is 46.2 Å². The first kappa shape index (κ1) is 25.3. The number of para-hydroxylation sites is 2. The molecule has 0 bridgehead atoms. The van der Waals surface area contributed by atoms with Gasteiger partial charge in [0.15, 0.2) is 0 Å². The summed E-state index contributed by atoms with van der Waals surface area (Å²) in [6, 6.07) is 11.1. The number of piperazine rings is 1. The highest BCUT2D eigenvalue weighted by atomic mass is 16.5. The molecule has 1 amide bonds. The van der Waals surface area contributed by atoms with E-state index in [0.717, 1.165) is 44.0 Å². The number of nitrogens with zero attached hydrogens (tertiary/aromatic N) is 3. The van der Waals surface area contributed by atoms with Gasteiger partial charge >= 0.3 is 5.69 Å². The zero-order valence-electron chi connectivity index (χ0n) is 21.0. The van der Waals surface area contributed by atoms with Gasteiger partial charge in [-0.25, -0.2) is 4.79 Å². The minimum absolute atomic E-state index is 0.266. The summed E-state index contributed by atoms with van der Waals surface area (Å²) in [5.41, 5.74) is 0.998. The number of hydrogen-bond donors (Lipinski definition) is 2. The Hall–Kier alpha value is -3.79. The lowest BCUT2D eigenvalue weighted by Crippen LogP contribution is -2.48. The van der Waals surface area contributed by atoms with E-state index in [2.05, 4.69) is 26.2 Å². The fourth-order valence-electron chi connectivity index (χ4n) is 4.45. The molecular weight excluding hydrogens is 462 g/mol. The lowest BCUT2D eigenvalue weighted by atomic mass is 10.2. The fraction of sp³-hybridized carbons (Fsp3) is 0.423. The van der Waals surface area contributed by atoms with Crippen molar-refractivity contribution in [1.82, 2.24) is 14.5 Å². The average Bonchev–Trinajstić information content (AvgIpc) is 2.87. The second-order valence-corrected chi connectivity index (χ2v) is 8.81. The third kappa shape index (κ3) is 5.54. The molecule has 0 spiro atoms. The number of methoxy groups -OCH3 is 1. The van der Waals surface area contributed by atoms with E-state index < -0.39 is 5.69 Å². The third-order valence-electron chi connectivity index (χ3n) is 6.29. The number of aromatic amines is 1. The van der Waals surface area contributed by atoms with E-state index in [-0.39, 0.29) is 18.0 Å². The van der Waals surface area contributed by atoms with Crippen molar-refractivity contribution in [3.63, 3.8) is 0 Å². The van der Waals surface area contributed by atoms with Crippen molar-refractivity contribution in [1.29, 1.82) is 0 Å². The number of fused-ring (bicyclic) bond motifs is 1. The van der Waals surface area contributed by atoms with Crippen molar-refractivity contribution in [3.05, 3.63) is 57.2 Å². The largest absolute Gasteiger partial charge is 0.495 e. The number of carbonyl (C=O) groups excluding carboxylic acids is 1. The van der Waals surface area contributed by atoms with E-state index in [1.807, 2.05) is 25.1 Å². The van der Waals surface area contributed by atoms with Crippen molar-refractivity contribution in [3.8, 4) is 11.5 Å². The van der Waals surface area contributed by atoms with Crippen LogP contribution in [0.4, 0.5) is 11.4 Å². The Morgan fingerprint density at radius 2 is 1.81 bits per heavy atom. The molecule has 1 aliphatic rings. The first-order chi connectivity index (χ1) is 17.4. The monoisotopic (exact) mass is 495 g/mol. The zero-order chi connectivity index (χ0) is 25.7. The highest BCUT2D eigenvalue weighted by molar-refractivity contribution is 5.94. The maximum absolute atomic E-state index is 13.2. The molecule has 1 saturated heterocycles. The van der Waals surface area contributed by atoms with Gasteiger partial charge in [0.05, 0.1) is 36.0 Å². The second kappa shape index (κ2) is 11.3. The molecule has 3 aromatic rings. The van der Waals surface area contributed by atoms with Gasteiger partial charge in [0.2, 0.25) is 5.91 Å². The normalized spacial score (nSPS) is 14.1. The van der Waals surface area contributed by atoms with Gasteiger partial charge in [-0.2, -0.15) is 0 Å². The molecule has 0 unspecified atom stereocenters. The predicted molar refractivity (Wildman–Crippen MR) is 141 cm³/mol. The molecule has 192 valence electrons. The lowest BCUT2D eigenvalue weighted by molar-refractivity contribution is -0.114. The van der Waals surface area contributed by atoms with Crippen LogP contribution in [0.15, 0.2) is 46.0 Å². The topological polar surface area (TPSA) is 109 Å². The first-order valence-corrected chi connectivity index (χ1v) is 12.2. The van der Waals surface area contributed by atoms with Crippen LogP contribution in [0.5, 0.6) is 11.5 Å². The molecule has 1 aliphatic heterocycles. The molecule has 2 aromatic carbocycles. The summed E-state index contributed by atoms with van der Waals surface area (Å²) in [7, 11) is 1.67. The van der Waals surface area contributed by atoms with Gasteiger partial charge < -0.3 is 24.7 Å². The van der Waals surface area contributed by atoms with E-state index in [0.29, 0.717) is 35.5 Å². The summed E-state index contributed by atoms with van der Waals surface area (Å²) in [6.07, 6.45) is 0.776. The van der Waals surface area contributed by atoms with Crippen LogP contribution in [0, 0.1) is 0 Å². The number of aromatic nitrogens is 2. The molecular formula is C26H33N5O5. The Bertz CT molecular complexity index is 1340. The van der Waals surface area contributed by atoms with Crippen LogP contribution >= 0.6 is 0 Å². The third-order valence-corrected chi connectivity index (χ3v) is 6.29. The standard InChI is InChI=1S/C26H33N5O5/c1-4-15-36-24-16-19-20(17-21(24)27-18(2)32)28-26(34)31(25(19)33)14-11-29-9-12-30(13-10-29)22-7-5-6-8-23(22)35-3/h5-8,16-17H,4,9-15H2,1-3H3,(H,27,32)(H,28,34). The Morgan fingerprint density at radius 1 is 1.06 bits per heavy atom. The summed E-state index contributed by atoms with van der Waals surface area (Å²) in [4.78, 5) is 45.0. The Kier molecular flexibility index (Phi) is 7.94.